The molecule has 2 rings (SSSR count). The summed E-state index contributed by atoms with van der Waals surface area (Å²) in [6, 6.07) is 8.82. The highest BCUT2D eigenvalue weighted by Crippen LogP contribution is 2.28. The molecule has 0 atom stereocenters. The van der Waals surface area contributed by atoms with E-state index in [9.17, 15) is 0 Å². The Morgan fingerprint density at radius 2 is 1.79 bits per heavy atom. The van der Waals surface area contributed by atoms with Crippen LogP contribution in [0.3, 0.4) is 0 Å². The molecule has 0 heterocycles. The zero-order valence-corrected chi connectivity index (χ0v) is 9.43. The maximum atomic E-state index is 5.86. The minimum atomic E-state index is 0.0613. The maximum absolute atomic E-state index is 5.86. The summed E-state index contributed by atoms with van der Waals surface area (Å²) in [5.41, 5.74) is 1.36. The predicted molar refractivity (Wildman–Crippen MR) is 60.6 cm³/mol. The second-order valence-electron chi connectivity index (χ2n) is 4.55. The molecule has 1 saturated carbocycles. The molecule has 0 aliphatic heterocycles. The summed E-state index contributed by atoms with van der Waals surface area (Å²) in [7, 11) is 0. The van der Waals surface area contributed by atoms with Crippen LogP contribution in [0.5, 0.6) is 0 Å². The molecular weight excluding hydrogens is 194 g/mol. The van der Waals surface area contributed by atoms with Gasteiger partial charge in [0.15, 0.2) is 0 Å². The van der Waals surface area contributed by atoms with Crippen LogP contribution in [0.1, 0.15) is 32.3 Å². The summed E-state index contributed by atoms with van der Waals surface area (Å²) in [6.07, 6.45) is 2.63. The Hall–Kier alpha value is -0.530. The van der Waals surface area contributed by atoms with Crippen molar-refractivity contribution in [2.45, 2.75) is 38.3 Å². The second-order valence-corrected chi connectivity index (χ2v) is 4.99. The molecule has 1 aromatic rings. The molecule has 0 amide bonds. The van der Waals surface area contributed by atoms with Gasteiger partial charge < -0.3 is 5.32 Å². The van der Waals surface area contributed by atoms with Crippen LogP contribution in [0.4, 0.5) is 0 Å². The van der Waals surface area contributed by atoms with E-state index in [0.29, 0.717) is 0 Å². The summed E-state index contributed by atoms with van der Waals surface area (Å²) in [4.78, 5) is 0. The van der Waals surface area contributed by atoms with E-state index in [1.54, 1.807) is 0 Å². The van der Waals surface area contributed by atoms with Gasteiger partial charge in [0.25, 0.3) is 0 Å². The Bertz CT molecular complexity index is 312. The van der Waals surface area contributed by atoms with Crippen molar-refractivity contribution in [3.8, 4) is 0 Å². The fourth-order valence-corrected chi connectivity index (χ4v) is 1.81. The number of nitrogens with one attached hydrogen (secondary N) is 1. The summed E-state index contributed by atoms with van der Waals surface area (Å²) < 4.78 is 0. The standard InChI is InChI=1S/C12H16ClN/c1-12(2,14-11-7-8-11)9-3-5-10(13)6-4-9/h3-6,11,14H,7-8H2,1-2H3. The first kappa shape index (κ1) is 10.0. The monoisotopic (exact) mass is 209 g/mol. The van der Waals surface area contributed by atoms with Gasteiger partial charge in [0.05, 0.1) is 0 Å². The van der Waals surface area contributed by atoms with E-state index >= 15 is 0 Å². The van der Waals surface area contributed by atoms with E-state index in [2.05, 4.69) is 31.3 Å². The molecule has 1 aliphatic carbocycles. The number of benzene rings is 1. The molecular formula is C12H16ClN. The third-order valence-corrected chi connectivity index (χ3v) is 2.96. The van der Waals surface area contributed by atoms with Crippen molar-refractivity contribution in [2.75, 3.05) is 0 Å². The smallest absolute Gasteiger partial charge is 0.0406 e. The largest absolute Gasteiger partial charge is 0.305 e. The summed E-state index contributed by atoms with van der Waals surface area (Å²) in [6.45, 7) is 4.43. The highest BCUT2D eigenvalue weighted by atomic mass is 35.5. The predicted octanol–water partition coefficient (Wildman–Crippen LogP) is 3.33. The van der Waals surface area contributed by atoms with E-state index < -0.39 is 0 Å². The number of hydrogen-bond acceptors (Lipinski definition) is 1. The zero-order chi connectivity index (χ0) is 10.2. The van der Waals surface area contributed by atoms with Crippen molar-refractivity contribution < 1.29 is 0 Å². The summed E-state index contributed by atoms with van der Waals surface area (Å²) in [5, 5.41) is 4.42. The Balaban J connectivity index is 2.14. The fraction of sp³-hybridized carbons (Fsp3) is 0.500. The molecule has 1 fully saturated rings. The molecule has 0 spiro atoms. The minimum absolute atomic E-state index is 0.0613. The van der Waals surface area contributed by atoms with Crippen LogP contribution >= 0.6 is 11.6 Å². The molecule has 14 heavy (non-hydrogen) atoms. The SMILES string of the molecule is CC(C)(NC1CC1)c1ccc(Cl)cc1. The van der Waals surface area contributed by atoms with E-state index in [-0.39, 0.29) is 5.54 Å². The molecule has 0 aromatic heterocycles. The van der Waals surface area contributed by atoms with Crippen LogP contribution in [0.15, 0.2) is 24.3 Å². The van der Waals surface area contributed by atoms with Gasteiger partial charge in [-0.1, -0.05) is 23.7 Å². The lowest BCUT2D eigenvalue weighted by atomic mass is 9.94. The van der Waals surface area contributed by atoms with E-state index in [1.165, 1.54) is 18.4 Å². The van der Waals surface area contributed by atoms with Gasteiger partial charge in [-0.05, 0) is 44.4 Å². The highest BCUT2D eigenvalue weighted by Gasteiger charge is 2.29. The molecule has 76 valence electrons. The third-order valence-electron chi connectivity index (χ3n) is 2.71. The maximum Gasteiger partial charge on any atom is 0.0406 e. The molecule has 2 heteroatoms. The topological polar surface area (TPSA) is 12.0 Å². The first-order valence-corrected chi connectivity index (χ1v) is 5.49. The first-order valence-electron chi connectivity index (χ1n) is 5.12. The van der Waals surface area contributed by atoms with Gasteiger partial charge in [-0.2, -0.15) is 0 Å². The molecule has 1 aromatic carbocycles. The Labute approximate surface area is 90.5 Å². The first-order chi connectivity index (χ1) is 6.58. The molecule has 0 bridgehead atoms. The van der Waals surface area contributed by atoms with Crippen molar-refractivity contribution in [2.24, 2.45) is 0 Å². The Morgan fingerprint density at radius 1 is 1.21 bits per heavy atom. The van der Waals surface area contributed by atoms with E-state index in [0.717, 1.165) is 11.1 Å². The fourth-order valence-electron chi connectivity index (χ4n) is 1.69. The molecule has 0 radical (unpaired) electrons. The summed E-state index contributed by atoms with van der Waals surface area (Å²) in [5.74, 6) is 0. The Morgan fingerprint density at radius 3 is 2.29 bits per heavy atom. The lowest BCUT2D eigenvalue weighted by Gasteiger charge is -2.27. The van der Waals surface area contributed by atoms with Gasteiger partial charge in [0.1, 0.15) is 0 Å². The Kier molecular flexibility index (Phi) is 2.54. The van der Waals surface area contributed by atoms with Crippen LogP contribution in [-0.2, 0) is 5.54 Å². The van der Waals surface area contributed by atoms with Gasteiger partial charge in [-0.3, -0.25) is 0 Å². The van der Waals surface area contributed by atoms with Gasteiger partial charge in [-0.25, -0.2) is 0 Å². The average molecular weight is 210 g/mol. The van der Waals surface area contributed by atoms with E-state index in [4.69, 9.17) is 11.6 Å². The van der Waals surface area contributed by atoms with Crippen molar-refractivity contribution >= 4 is 11.6 Å². The summed E-state index contributed by atoms with van der Waals surface area (Å²) >= 11 is 5.86. The van der Waals surface area contributed by atoms with Crippen LogP contribution in [0.25, 0.3) is 0 Å². The molecule has 0 unspecified atom stereocenters. The third kappa shape index (κ3) is 2.28. The lowest BCUT2D eigenvalue weighted by Crippen LogP contribution is -2.37. The van der Waals surface area contributed by atoms with Crippen LogP contribution in [-0.4, -0.2) is 6.04 Å². The molecule has 1 N–H and O–H groups in total. The van der Waals surface area contributed by atoms with Crippen LogP contribution in [0, 0.1) is 0 Å². The molecule has 1 nitrogen and oxygen atoms in total. The molecule has 0 saturated heterocycles. The average Bonchev–Trinajstić information content (AvgIpc) is 2.88. The van der Waals surface area contributed by atoms with Gasteiger partial charge >= 0.3 is 0 Å². The quantitative estimate of drug-likeness (QED) is 0.806. The van der Waals surface area contributed by atoms with Crippen molar-refractivity contribution in [1.82, 2.24) is 5.32 Å². The zero-order valence-electron chi connectivity index (χ0n) is 8.68. The number of rotatable bonds is 3. The van der Waals surface area contributed by atoms with E-state index in [1.807, 2.05) is 12.1 Å². The van der Waals surface area contributed by atoms with Crippen molar-refractivity contribution in [1.29, 1.82) is 0 Å². The number of hydrogen-bond donors (Lipinski definition) is 1. The lowest BCUT2D eigenvalue weighted by molar-refractivity contribution is 0.399. The van der Waals surface area contributed by atoms with Crippen molar-refractivity contribution in [3.63, 3.8) is 0 Å². The van der Waals surface area contributed by atoms with Gasteiger partial charge in [-0.15, -0.1) is 0 Å². The van der Waals surface area contributed by atoms with Crippen LogP contribution < -0.4 is 5.32 Å². The van der Waals surface area contributed by atoms with Gasteiger partial charge in [0, 0.05) is 16.6 Å². The van der Waals surface area contributed by atoms with Crippen LogP contribution in [0.2, 0.25) is 5.02 Å². The minimum Gasteiger partial charge on any atom is -0.305 e. The normalized spacial score (nSPS) is 17.1. The molecule has 1 aliphatic rings. The second kappa shape index (κ2) is 3.56. The highest BCUT2D eigenvalue weighted by molar-refractivity contribution is 6.30. The van der Waals surface area contributed by atoms with Gasteiger partial charge in [0.2, 0.25) is 0 Å². The van der Waals surface area contributed by atoms with Crippen molar-refractivity contribution in [3.05, 3.63) is 34.9 Å². The number of halogens is 1.